The van der Waals surface area contributed by atoms with Crippen LogP contribution in [0, 0.1) is 0 Å². The molecule has 0 aliphatic rings. The molecular formula is C16H17Cl. The second-order valence-corrected chi connectivity index (χ2v) is 4.75. The molecule has 0 aliphatic heterocycles. The topological polar surface area (TPSA) is 0 Å². The average molecular weight is 245 g/mol. The van der Waals surface area contributed by atoms with Crippen LogP contribution in [-0.4, -0.2) is 0 Å². The van der Waals surface area contributed by atoms with E-state index in [4.69, 9.17) is 11.6 Å². The maximum atomic E-state index is 5.99. The third-order valence-corrected chi connectivity index (χ3v) is 3.17. The van der Waals surface area contributed by atoms with Gasteiger partial charge >= 0.3 is 0 Å². The molecule has 1 heteroatoms. The number of hydrogen-bond donors (Lipinski definition) is 0. The molecule has 0 radical (unpaired) electrons. The van der Waals surface area contributed by atoms with Gasteiger partial charge in [0.1, 0.15) is 0 Å². The summed E-state index contributed by atoms with van der Waals surface area (Å²) in [5.41, 5.74) is 3.82. The maximum Gasteiger partial charge on any atom is 0.0412 e. The first-order valence-corrected chi connectivity index (χ1v) is 6.52. The molecule has 2 rings (SSSR count). The average Bonchev–Trinajstić information content (AvgIpc) is 2.37. The molecule has 88 valence electrons. The molecule has 0 unspecified atom stereocenters. The summed E-state index contributed by atoms with van der Waals surface area (Å²) in [7, 11) is 0. The smallest absolute Gasteiger partial charge is 0.0412 e. The van der Waals surface area contributed by atoms with Crippen molar-refractivity contribution in [3.8, 4) is 11.1 Å². The van der Waals surface area contributed by atoms with Gasteiger partial charge in [0.15, 0.2) is 0 Å². The van der Waals surface area contributed by atoms with Crippen LogP contribution < -0.4 is 0 Å². The quantitative estimate of drug-likeness (QED) is 0.680. The minimum Gasteiger partial charge on any atom is -0.0843 e. The van der Waals surface area contributed by atoms with Crippen LogP contribution in [0.4, 0.5) is 0 Å². The number of hydrogen-bond acceptors (Lipinski definition) is 0. The van der Waals surface area contributed by atoms with Crippen LogP contribution in [0.3, 0.4) is 0 Å². The van der Waals surface area contributed by atoms with Crippen molar-refractivity contribution in [3.05, 3.63) is 59.1 Å². The summed E-state index contributed by atoms with van der Waals surface area (Å²) >= 11 is 5.99. The van der Waals surface area contributed by atoms with Gasteiger partial charge in [0.2, 0.25) is 0 Å². The van der Waals surface area contributed by atoms with Crippen molar-refractivity contribution < 1.29 is 0 Å². The molecule has 0 atom stereocenters. The lowest BCUT2D eigenvalue weighted by Gasteiger charge is -2.04. The Hall–Kier alpha value is -1.27. The van der Waals surface area contributed by atoms with Crippen molar-refractivity contribution >= 4 is 11.6 Å². The predicted molar refractivity (Wildman–Crippen MR) is 75.5 cm³/mol. The fourth-order valence-electron chi connectivity index (χ4n) is 1.91. The van der Waals surface area contributed by atoms with Gasteiger partial charge in [-0.15, -0.1) is 0 Å². The number of unbranched alkanes of at least 4 members (excludes halogenated alkanes) is 1. The van der Waals surface area contributed by atoms with E-state index in [1.54, 1.807) is 0 Å². The molecule has 0 aliphatic carbocycles. The van der Waals surface area contributed by atoms with Crippen LogP contribution in [-0.2, 0) is 6.42 Å². The fourth-order valence-corrected chi connectivity index (χ4v) is 2.10. The van der Waals surface area contributed by atoms with Gasteiger partial charge in [-0.05, 0) is 41.7 Å². The Kier molecular flexibility index (Phi) is 4.22. The minimum absolute atomic E-state index is 0.789. The van der Waals surface area contributed by atoms with Crippen LogP contribution in [0.2, 0.25) is 5.02 Å². The van der Waals surface area contributed by atoms with Gasteiger partial charge in [0.25, 0.3) is 0 Å². The Labute approximate surface area is 108 Å². The van der Waals surface area contributed by atoms with Gasteiger partial charge in [-0.1, -0.05) is 61.3 Å². The first-order valence-electron chi connectivity index (χ1n) is 6.14. The summed E-state index contributed by atoms with van der Waals surface area (Å²) in [5, 5.41) is 0.789. The lowest BCUT2D eigenvalue weighted by molar-refractivity contribution is 0.795. The first kappa shape index (κ1) is 12.2. The van der Waals surface area contributed by atoms with Crippen molar-refractivity contribution in [2.75, 3.05) is 0 Å². The van der Waals surface area contributed by atoms with E-state index < -0.39 is 0 Å². The Bertz CT molecular complexity index is 471. The highest BCUT2D eigenvalue weighted by Crippen LogP contribution is 2.23. The number of rotatable bonds is 4. The van der Waals surface area contributed by atoms with Gasteiger partial charge in [0, 0.05) is 5.02 Å². The molecule has 17 heavy (non-hydrogen) atoms. The molecule has 0 heterocycles. The molecule has 2 aromatic rings. The molecule has 0 bridgehead atoms. The SMILES string of the molecule is CCCCc1ccc(-c2cccc(Cl)c2)cc1. The maximum absolute atomic E-state index is 5.99. The zero-order chi connectivity index (χ0) is 12.1. The standard InChI is InChI=1S/C16H17Cl/c1-2-3-5-13-8-10-14(11-9-13)15-6-4-7-16(17)12-15/h4,6-12H,2-3,5H2,1H3. The highest BCUT2D eigenvalue weighted by atomic mass is 35.5. The largest absolute Gasteiger partial charge is 0.0843 e. The van der Waals surface area contributed by atoms with E-state index in [1.807, 2.05) is 18.2 Å². The second kappa shape index (κ2) is 5.88. The summed E-state index contributed by atoms with van der Waals surface area (Å²) in [6.07, 6.45) is 3.68. The molecule has 0 fully saturated rings. The Morgan fingerprint density at radius 1 is 0.941 bits per heavy atom. The third-order valence-electron chi connectivity index (χ3n) is 2.93. The molecule has 0 spiro atoms. The van der Waals surface area contributed by atoms with Gasteiger partial charge < -0.3 is 0 Å². The van der Waals surface area contributed by atoms with E-state index in [0.29, 0.717) is 0 Å². The first-order chi connectivity index (χ1) is 8.29. The van der Waals surface area contributed by atoms with Crippen LogP contribution in [0.15, 0.2) is 48.5 Å². The monoisotopic (exact) mass is 244 g/mol. The lowest BCUT2D eigenvalue weighted by atomic mass is 10.0. The summed E-state index contributed by atoms with van der Waals surface area (Å²) in [4.78, 5) is 0. The molecule has 0 nitrogen and oxygen atoms in total. The molecule has 0 saturated heterocycles. The van der Waals surface area contributed by atoms with Gasteiger partial charge in [-0.25, -0.2) is 0 Å². The molecule has 0 amide bonds. The van der Waals surface area contributed by atoms with Gasteiger partial charge in [0.05, 0.1) is 0 Å². The van der Waals surface area contributed by atoms with Crippen molar-refractivity contribution in [1.29, 1.82) is 0 Å². The number of aryl methyl sites for hydroxylation is 1. The van der Waals surface area contributed by atoms with Crippen molar-refractivity contribution in [2.24, 2.45) is 0 Å². The van der Waals surface area contributed by atoms with E-state index in [-0.39, 0.29) is 0 Å². The van der Waals surface area contributed by atoms with E-state index in [2.05, 4.69) is 37.3 Å². The van der Waals surface area contributed by atoms with Crippen LogP contribution >= 0.6 is 11.6 Å². The summed E-state index contributed by atoms with van der Waals surface area (Å²) in [5.74, 6) is 0. The number of halogens is 1. The van der Waals surface area contributed by atoms with Crippen LogP contribution in [0.5, 0.6) is 0 Å². The van der Waals surface area contributed by atoms with E-state index in [1.165, 1.54) is 36.0 Å². The minimum atomic E-state index is 0.789. The highest BCUT2D eigenvalue weighted by Gasteiger charge is 1.98. The molecule has 0 saturated carbocycles. The zero-order valence-corrected chi connectivity index (χ0v) is 10.9. The second-order valence-electron chi connectivity index (χ2n) is 4.31. The summed E-state index contributed by atoms with van der Waals surface area (Å²) < 4.78 is 0. The summed E-state index contributed by atoms with van der Waals surface area (Å²) in [6, 6.07) is 16.8. The Balaban J connectivity index is 2.17. The zero-order valence-electron chi connectivity index (χ0n) is 10.1. The highest BCUT2D eigenvalue weighted by molar-refractivity contribution is 6.30. The van der Waals surface area contributed by atoms with E-state index in [0.717, 1.165) is 5.02 Å². The Morgan fingerprint density at radius 3 is 2.35 bits per heavy atom. The lowest BCUT2D eigenvalue weighted by Crippen LogP contribution is -1.85. The third kappa shape index (κ3) is 3.34. The van der Waals surface area contributed by atoms with E-state index >= 15 is 0 Å². The molecule has 0 N–H and O–H groups in total. The van der Waals surface area contributed by atoms with E-state index in [9.17, 15) is 0 Å². The van der Waals surface area contributed by atoms with Crippen molar-refractivity contribution in [3.63, 3.8) is 0 Å². The van der Waals surface area contributed by atoms with Crippen LogP contribution in [0.25, 0.3) is 11.1 Å². The predicted octanol–water partition coefficient (Wildman–Crippen LogP) is 5.35. The normalized spacial score (nSPS) is 10.5. The molecule has 2 aromatic carbocycles. The van der Waals surface area contributed by atoms with Gasteiger partial charge in [-0.2, -0.15) is 0 Å². The Morgan fingerprint density at radius 2 is 1.71 bits per heavy atom. The number of benzene rings is 2. The van der Waals surface area contributed by atoms with Crippen LogP contribution in [0.1, 0.15) is 25.3 Å². The summed E-state index contributed by atoms with van der Waals surface area (Å²) in [6.45, 7) is 2.22. The molecular weight excluding hydrogens is 228 g/mol. The van der Waals surface area contributed by atoms with Crippen molar-refractivity contribution in [2.45, 2.75) is 26.2 Å². The fraction of sp³-hybridized carbons (Fsp3) is 0.250. The molecule has 0 aromatic heterocycles. The van der Waals surface area contributed by atoms with Crippen molar-refractivity contribution in [1.82, 2.24) is 0 Å². The van der Waals surface area contributed by atoms with Gasteiger partial charge in [-0.3, -0.25) is 0 Å².